The minimum absolute atomic E-state index is 0.0217. The first-order valence-electron chi connectivity index (χ1n) is 12.0. The Kier molecular flexibility index (Phi) is 4.49. The second kappa shape index (κ2) is 6.81. The molecular formula is C25H36O5. The van der Waals surface area contributed by atoms with Crippen molar-refractivity contribution in [3.63, 3.8) is 0 Å². The molecule has 4 aliphatic carbocycles. The van der Waals surface area contributed by atoms with E-state index in [2.05, 4.69) is 13.0 Å². The number of fused-ring (bicyclic) bond motifs is 5. The van der Waals surface area contributed by atoms with Gasteiger partial charge < -0.3 is 24.1 Å². The van der Waals surface area contributed by atoms with E-state index >= 15 is 0 Å². The number of aliphatic hydroxyl groups is 1. The molecule has 5 nitrogen and oxygen atoms in total. The van der Waals surface area contributed by atoms with Crippen LogP contribution in [0.4, 0.5) is 0 Å². The summed E-state index contributed by atoms with van der Waals surface area (Å²) in [6, 6.07) is 0. The summed E-state index contributed by atoms with van der Waals surface area (Å²) in [7, 11) is 1.71. The summed E-state index contributed by atoms with van der Waals surface area (Å²) in [5, 5.41) is 9.86. The third kappa shape index (κ3) is 2.44. The van der Waals surface area contributed by atoms with Gasteiger partial charge in [0.15, 0.2) is 5.79 Å². The molecule has 0 radical (unpaired) electrons. The van der Waals surface area contributed by atoms with Crippen molar-refractivity contribution in [2.24, 2.45) is 34.5 Å². The lowest BCUT2D eigenvalue weighted by atomic mass is 9.45. The van der Waals surface area contributed by atoms with Crippen LogP contribution in [0, 0.1) is 34.5 Å². The summed E-state index contributed by atoms with van der Waals surface area (Å²) in [5.41, 5.74) is 3.30. The van der Waals surface area contributed by atoms with E-state index in [9.17, 15) is 5.11 Å². The average Bonchev–Trinajstić information content (AvgIpc) is 3.36. The van der Waals surface area contributed by atoms with E-state index in [0.717, 1.165) is 44.7 Å². The Balaban J connectivity index is 1.36. The molecule has 6 unspecified atom stereocenters. The summed E-state index contributed by atoms with van der Waals surface area (Å²) < 4.78 is 24.3. The predicted molar refractivity (Wildman–Crippen MR) is 111 cm³/mol. The Morgan fingerprint density at radius 1 is 1.23 bits per heavy atom. The highest BCUT2D eigenvalue weighted by Gasteiger charge is 2.64. The molecule has 5 fully saturated rings. The molecule has 30 heavy (non-hydrogen) atoms. The zero-order valence-electron chi connectivity index (χ0n) is 18.5. The molecule has 2 heterocycles. The van der Waals surface area contributed by atoms with Gasteiger partial charge in [0.1, 0.15) is 12.4 Å². The molecule has 1 N–H and O–H groups in total. The number of ether oxygens (including phenoxy) is 4. The number of allylic oxidation sites excluding steroid dienone is 2. The quantitative estimate of drug-likeness (QED) is 0.548. The van der Waals surface area contributed by atoms with Crippen molar-refractivity contribution in [3.05, 3.63) is 23.0 Å². The molecule has 166 valence electrons. The van der Waals surface area contributed by atoms with Crippen LogP contribution in [0.3, 0.4) is 0 Å². The van der Waals surface area contributed by atoms with Gasteiger partial charge in [0.05, 0.1) is 33.5 Å². The SMILES string of the molecule is COC(CO)=C1CCC2C3CC=C4CC5(OCCO5)C5COCC4(C5)C3CCC12C. The highest BCUT2D eigenvalue weighted by molar-refractivity contribution is 5.33. The maximum absolute atomic E-state index is 9.86. The molecule has 2 saturated heterocycles. The van der Waals surface area contributed by atoms with Crippen molar-refractivity contribution in [1.29, 1.82) is 0 Å². The van der Waals surface area contributed by atoms with Gasteiger partial charge in [0.2, 0.25) is 0 Å². The molecule has 5 heteroatoms. The van der Waals surface area contributed by atoms with Crippen LogP contribution in [0.2, 0.25) is 0 Å². The van der Waals surface area contributed by atoms with Crippen LogP contribution >= 0.6 is 0 Å². The Labute approximate surface area is 179 Å². The second-order valence-corrected chi connectivity index (χ2v) is 10.9. The van der Waals surface area contributed by atoms with Crippen LogP contribution in [-0.4, -0.2) is 51.0 Å². The molecule has 6 rings (SSSR count). The molecule has 0 aromatic heterocycles. The van der Waals surface area contributed by atoms with Gasteiger partial charge in [0.25, 0.3) is 0 Å². The molecule has 2 aliphatic heterocycles. The highest BCUT2D eigenvalue weighted by Crippen LogP contribution is 2.68. The Morgan fingerprint density at radius 3 is 2.83 bits per heavy atom. The van der Waals surface area contributed by atoms with Crippen LogP contribution in [0.5, 0.6) is 0 Å². The Hall–Kier alpha value is -0.880. The zero-order chi connectivity index (χ0) is 20.6. The van der Waals surface area contributed by atoms with Gasteiger partial charge in [-0.2, -0.15) is 0 Å². The number of aliphatic hydroxyl groups excluding tert-OH is 1. The Bertz CT molecular complexity index is 774. The molecule has 0 amide bonds. The number of rotatable bonds is 2. The maximum atomic E-state index is 9.86. The highest BCUT2D eigenvalue weighted by atomic mass is 16.7. The molecule has 0 aromatic carbocycles. The topological polar surface area (TPSA) is 57.2 Å². The van der Waals surface area contributed by atoms with Gasteiger partial charge in [-0.25, -0.2) is 0 Å². The lowest BCUT2D eigenvalue weighted by Crippen LogP contribution is -2.61. The van der Waals surface area contributed by atoms with Crippen molar-refractivity contribution in [2.75, 3.05) is 40.1 Å². The van der Waals surface area contributed by atoms with Crippen LogP contribution in [-0.2, 0) is 18.9 Å². The van der Waals surface area contributed by atoms with Crippen LogP contribution in [0.15, 0.2) is 23.0 Å². The van der Waals surface area contributed by atoms with Gasteiger partial charge >= 0.3 is 0 Å². The van der Waals surface area contributed by atoms with E-state index in [1.54, 1.807) is 12.7 Å². The van der Waals surface area contributed by atoms with Gasteiger partial charge in [-0.3, -0.25) is 0 Å². The Morgan fingerprint density at radius 2 is 2.07 bits per heavy atom. The number of methoxy groups -OCH3 is 1. The summed E-state index contributed by atoms with van der Waals surface area (Å²) >= 11 is 0. The normalized spacial score (nSPS) is 47.9. The summed E-state index contributed by atoms with van der Waals surface area (Å²) in [5.74, 6) is 2.81. The number of hydrogen-bond donors (Lipinski definition) is 1. The molecule has 6 atom stereocenters. The first kappa shape index (κ1) is 19.8. The van der Waals surface area contributed by atoms with Crippen molar-refractivity contribution < 1.29 is 24.1 Å². The standard InChI is InChI=1S/C25H36O5/c1-23-8-7-20-18(19(23)5-6-21(23)22(13-26)27-2)4-3-16-12-25(29-9-10-30-25)17-11-24(16,20)15-28-14-17/h3,17-20,26H,4-15H2,1-2H3. The van der Waals surface area contributed by atoms with E-state index in [-0.39, 0.29) is 17.4 Å². The smallest absolute Gasteiger partial charge is 0.177 e. The lowest BCUT2D eigenvalue weighted by Gasteiger charge is -2.62. The zero-order valence-corrected chi connectivity index (χ0v) is 18.5. The van der Waals surface area contributed by atoms with Gasteiger partial charge in [-0.15, -0.1) is 0 Å². The lowest BCUT2D eigenvalue weighted by molar-refractivity contribution is -0.258. The van der Waals surface area contributed by atoms with Crippen LogP contribution in [0.25, 0.3) is 0 Å². The first-order chi connectivity index (χ1) is 14.6. The van der Waals surface area contributed by atoms with E-state index in [0.29, 0.717) is 36.9 Å². The monoisotopic (exact) mass is 416 g/mol. The van der Waals surface area contributed by atoms with Crippen LogP contribution < -0.4 is 0 Å². The first-order valence-corrected chi connectivity index (χ1v) is 12.0. The van der Waals surface area contributed by atoms with Gasteiger partial charge in [0, 0.05) is 17.8 Å². The third-order valence-electron chi connectivity index (χ3n) is 10.1. The fourth-order valence-corrected chi connectivity index (χ4v) is 8.75. The summed E-state index contributed by atoms with van der Waals surface area (Å²) in [6.07, 6.45) is 10.5. The summed E-state index contributed by atoms with van der Waals surface area (Å²) in [6.45, 7) is 5.54. The molecule has 6 aliphatic rings. The van der Waals surface area contributed by atoms with Crippen molar-refractivity contribution in [2.45, 2.75) is 57.7 Å². The van der Waals surface area contributed by atoms with E-state index in [4.69, 9.17) is 18.9 Å². The van der Waals surface area contributed by atoms with Crippen molar-refractivity contribution >= 4 is 0 Å². The third-order valence-corrected chi connectivity index (χ3v) is 10.1. The van der Waals surface area contributed by atoms with Gasteiger partial charge in [-0.1, -0.05) is 18.6 Å². The van der Waals surface area contributed by atoms with Crippen molar-refractivity contribution in [1.82, 2.24) is 0 Å². The van der Waals surface area contributed by atoms with Crippen LogP contribution in [0.1, 0.15) is 51.9 Å². The molecular weight excluding hydrogens is 380 g/mol. The number of hydrogen-bond acceptors (Lipinski definition) is 5. The van der Waals surface area contributed by atoms with Crippen molar-refractivity contribution in [3.8, 4) is 0 Å². The maximum Gasteiger partial charge on any atom is 0.177 e. The van der Waals surface area contributed by atoms with Gasteiger partial charge in [-0.05, 0) is 67.3 Å². The predicted octanol–water partition coefficient (Wildman–Crippen LogP) is 3.82. The molecule has 3 saturated carbocycles. The summed E-state index contributed by atoms with van der Waals surface area (Å²) in [4.78, 5) is 0. The second-order valence-electron chi connectivity index (χ2n) is 10.9. The molecule has 2 bridgehead atoms. The fraction of sp³-hybridized carbons (Fsp3) is 0.840. The van der Waals surface area contributed by atoms with E-state index in [1.807, 2.05) is 0 Å². The fourth-order valence-electron chi connectivity index (χ4n) is 8.75. The molecule has 0 aromatic rings. The minimum atomic E-state index is -0.427. The average molecular weight is 417 g/mol. The minimum Gasteiger partial charge on any atom is -0.499 e. The van der Waals surface area contributed by atoms with E-state index < -0.39 is 5.79 Å². The van der Waals surface area contributed by atoms with E-state index in [1.165, 1.54) is 24.8 Å². The largest absolute Gasteiger partial charge is 0.499 e. The molecule has 2 spiro atoms.